The number of piperidine rings is 1. The number of hydrogen-bond donors (Lipinski definition) is 1. The molecule has 0 aromatic heterocycles. The van der Waals surface area contributed by atoms with Gasteiger partial charge in [0, 0.05) is 43.3 Å². The monoisotopic (exact) mass is 315 g/mol. The molecule has 126 valence electrons. The molecular weight excluding hydrogens is 286 g/mol. The van der Waals surface area contributed by atoms with E-state index in [1.807, 2.05) is 4.90 Å². The van der Waals surface area contributed by atoms with Crippen molar-refractivity contribution >= 4 is 11.6 Å². The average molecular weight is 315 g/mol. The molecule has 1 fully saturated rings. The third-order valence-electron chi connectivity index (χ3n) is 5.47. The van der Waals surface area contributed by atoms with Crippen LogP contribution in [0.1, 0.15) is 45.1 Å². The molecule has 23 heavy (non-hydrogen) atoms. The Hall–Kier alpha value is -1.55. The van der Waals surface area contributed by atoms with E-state index in [0.29, 0.717) is 12.5 Å². The van der Waals surface area contributed by atoms with Gasteiger partial charge in [0.05, 0.1) is 0 Å². The molecule has 1 aromatic rings. The lowest BCUT2D eigenvalue weighted by molar-refractivity contribution is -0.134. The first kappa shape index (κ1) is 16.3. The second-order valence-corrected chi connectivity index (χ2v) is 7.18. The summed E-state index contributed by atoms with van der Waals surface area (Å²) in [6.45, 7) is 6.01. The molecule has 0 unspecified atom stereocenters. The molecule has 0 saturated carbocycles. The van der Waals surface area contributed by atoms with Crippen LogP contribution in [-0.2, 0) is 11.2 Å². The molecule has 3 atom stereocenters. The number of rotatable bonds is 3. The summed E-state index contributed by atoms with van der Waals surface area (Å²) >= 11 is 0. The lowest BCUT2D eigenvalue weighted by Crippen LogP contribution is -2.49. The number of likely N-dealkylation sites (tertiary alicyclic amines) is 1. The van der Waals surface area contributed by atoms with Crippen molar-refractivity contribution in [3.8, 4) is 0 Å². The van der Waals surface area contributed by atoms with E-state index in [0.717, 1.165) is 32.4 Å². The molecule has 1 aromatic carbocycles. The number of fused-ring (bicyclic) bond motifs is 1. The van der Waals surface area contributed by atoms with Crippen molar-refractivity contribution < 1.29 is 4.79 Å². The first-order valence-corrected chi connectivity index (χ1v) is 8.96. The highest BCUT2D eigenvalue weighted by Crippen LogP contribution is 2.30. The van der Waals surface area contributed by atoms with Crippen molar-refractivity contribution in [2.45, 2.75) is 64.1 Å². The van der Waals surface area contributed by atoms with E-state index in [4.69, 9.17) is 5.73 Å². The summed E-state index contributed by atoms with van der Waals surface area (Å²) in [5, 5.41) is 0. The van der Waals surface area contributed by atoms with Gasteiger partial charge in [-0.25, -0.2) is 0 Å². The van der Waals surface area contributed by atoms with Crippen molar-refractivity contribution in [3.05, 3.63) is 29.8 Å². The number of anilines is 1. The lowest BCUT2D eigenvalue weighted by Gasteiger charge is -2.39. The minimum atomic E-state index is 0.253. The smallest absolute Gasteiger partial charge is 0.224 e. The van der Waals surface area contributed by atoms with E-state index in [2.05, 4.69) is 43.0 Å². The number of carbonyl (C=O) groups excluding carboxylic acids is 1. The number of carbonyl (C=O) groups is 1. The number of amides is 1. The van der Waals surface area contributed by atoms with E-state index >= 15 is 0 Å². The van der Waals surface area contributed by atoms with Crippen molar-refractivity contribution in [2.75, 3.05) is 18.0 Å². The van der Waals surface area contributed by atoms with Gasteiger partial charge in [0.25, 0.3) is 0 Å². The van der Waals surface area contributed by atoms with Crippen LogP contribution in [0.4, 0.5) is 5.69 Å². The third kappa shape index (κ3) is 3.52. The summed E-state index contributed by atoms with van der Waals surface area (Å²) in [4.78, 5) is 17.1. The quantitative estimate of drug-likeness (QED) is 0.932. The van der Waals surface area contributed by atoms with Gasteiger partial charge in [0.2, 0.25) is 5.91 Å². The average Bonchev–Trinajstić information content (AvgIpc) is 2.53. The fraction of sp³-hybridized carbons (Fsp3) is 0.632. The SMILES string of the molecule is C[C@@H]1C[C@H](N)CCN1C(=O)CCN1c2ccccc2CC[C@@H]1C. The van der Waals surface area contributed by atoms with Gasteiger partial charge < -0.3 is 15.5 Å². The number of hydrogen-bond acceptors (Lipinski definition) is 3. The predicted octanol–water partition coefficient (Wildman–Crippen LogP) is 2.56. The predicted molar refractivity (Wildman–Crippen MR) is 94.6 cm³/mol. The molecule has 2 aliphatic heterocycles. The Bertz CT molecular complexity index is 559. The fourth-order valence-electron chi connectivity index (χ4n) is 4.04. The minimum Gasteiger partial charge on any atom is -0.368 e. The number of nitrogens with two attached hydrogens (primary N) is 1. The highest BCUT2D eigenvalue weighted by Gasteiger charge is 2.28. The second kappa shape index (κ2) is 6.91. The van der Waals surface area contributed by atoms with E-state index in [1.165, 1.54) is 17.7 Å². The minimum absolute atomic E-state index is 0.253. The van der Waals surface area contributed by atoms with Gasteiger partial charge in [-0.3, -0.25) is 4.79 Å². The van der Waals surface area contributed by atoms with Gasteiger partial charge in [-0.1, -0.05) is 18.2 Å². The van der Waals surface area contributed by atoms with E-state index in [9.17, 15) is 4.79 Å². The standard InChI is InChI=1S/C19H29N3O/c1-14-7-8-16-5-3-4-6-18(16)21(14)12-10-19(23)22-11-9-17(20)13-15(22)2/h3-6,14-15,17H,7-13,20H2,1-2H3/t14-,15+,17+/m0/s1. The number of benzene rings is 1. The fourth-order valence-corrected chi connectivity index (χ4v) is 4.04. The van der Waals surface area contributed by atoms with Crippen LogP contribution in [0.15, 0.2) is 24.3 Å². The summed E-state index contributed by atoms with van der Waals surface area (Å²) in [5.74, 6) is 0.277. The first-order valence-electron chi connectivity index (χ1n) is 8.96. The van der Waals surface area contributed by atoms with Gasteiger partial charge in [0.15, 0.2) is 0 Å². The molecule has 4 heteroatoms. The normalized spacial score (nSPS) is 27.7. The Labute approximate surface area is 139 Å². The molecule has 0 aliphatic carbocycles. The highest BCUT2D eigenvalue weighted by atomic mass is 16.2. The zero-order valence-electron chi connectivity index (χ0n) is 14.4. The topological polar surface area (TPSA) is 49.6 Å². The molecule has 2 heterocycles. The molecule has 0 bridgehead atoms. The van der Waals surface area contributed by atoms with Gasteiger partial charge in [-0.15, -0.1) is 0 Å². The maximum Gasteiger partial charge on any atom is 0.224 e. The van der Waals surface area contributed by atoms with Crippen molar-refractivity contribution in [1.82, 2.24) is 4.90 Å². The molecule has 0 radical (unpaired) electrons. The summed E-state index contributed by atoms with van der Waals surface area (Å²) in [6, 6.07) is 9.64. The molecule has 4 nitrogen and oxygen atoms in total. The summed E-state index contributed by atoms with van der Waals surface area (Å²) in [7, 11) is 0. The Morgan fingerprint density at radius 1 is 1.22 bits per heavy atom. The number of nitrogens with zero attached hydrogens (tertiary/aromatic N) is 2. The molecule has 2 N–H and O–H groups in total. The lowest BCUT2D eigenvalue weighted by atomic mass is 9.96. The van der Waals surface area contributed by atoms with Crippen LogP contribution in [0, 0.1) is 0 Å². The molecule has 0 spiro atoms. The first-order chi connectivity index (χ1) is 11.1. The molecule has 1 amide bonds. The molecule has 1 saturated heterocycles. The Morgan fingerprint density at radius 3 is 2.78 bits per heavy atom. The van der Waals surface area contributed by atoms with Crippen molar-refractivity contribution in [1.29, 1.82) is 0 Å². The van der Waals surface area contributed by atoms with E-state index in [-0.39, 0.29) is 18.0 Å². The summed E-state index contributed by atoms with van der Waals surface area (Å²) in [6.07, 6.45) is 4.76. The zero-order valence-corrected chi connectivity index (χ0v) is 14.4. The maximum absolute atomic E-state index is 12.6. The zero-order chi connectivity index (χ0) is 16.4. The Kier molecular flexibility index (Phi) is 4.90. The van der Waals surface area contributed by atoms with Gasteiger partial charge >= 0.3 is 0 Å². The Balaban J connectivity index is 1.63. The summed E-state index contributed by atoms with van der Waals surface area (Å²) < 4.78 is 0. The third-order valence-corrected chi connectivity index (χ3v) is 5.47. The van der Waals surface area contributed by atoms with Gasteiger partial charge in [0.1, 0.15) is 0 Å². The van der Waals surface area contributed by atoms with Gasteiger partial charge in [-0.2, -0.15) is 0 Å². The highest BCUT2D eigenvalue weighted by molar-refractivity contribution is 5.77. The Morgan fingerprint density at radius 2 is 2.00 bits per heavy atom. The number of aryl methyl sites for hydroxylation is 1. The largest absolute Gasteiger partial charge is 0.368 e. The van der Waals surface area contributed by atoms with E-state index < -0.39 is 0 Å². The van der Waals surface area contributed by atoms with Crippen LogP contribution in [0.2, 0.25) is 0 Å². The van der Waals surface area contributed by atoms with Crippen LogP contribution in [0.5, 0.6) is 0 Å². The van der Waals surface area contributed by atoms with Crippen LogP contribution in [-0.4, -0.2) is 42.0 Å². The van der Waals surface area contributed by atoms with Crippen LogP contribution in [0.3, 0.4) is 0 Å². The molecular formula is C19H29N3O. The molecule has 3 rings (SSSR count). The second-order valence-electron chi connectivity index (χ2n) is 7.18. The number of para-hydroxylation sites is 1. The van der Waals surface area contributed by atoms with Crippen molar-refractivity contribution in [3.63, 3.8) is 0 Å². The van der Waals surface area contributed by atoms with Gasteiger partial charge in [-0.05, 0) is 51.2 Å². The van der Waals surface area contributed by atoms with Crippen LogP contribution >= 0.6 is 0 Å². The van der Waals surface area contributed by atoms with Crippen LogP contribution < -0.4 is 10.6 Å². The summed E-state index contributed by atoms with van der Waals surface area (Å²) in [5.41, 5.74) is 8.73. The van der Waals surface area contributed by atoms with Crippen LogP contribution in [0.25, 0.3) is 0 Å². The van der Waals surface area contributed by atoms with E-state index in [1.54, 1.807) is 0 Å². The van der Waals surface area contributed by atoms with Crippen molar-refractivity contribution in [2.24, 2.45) is 5.73 Å². The maximum atomic E-state index is 12.6. The molecule has 2 aliphatic rings.